The fraction of sp³-hybridized carbons (Fsp3) is 0.757. The van der Waals surface area contributed by atoms with Crippen molar-refractivity contribution in [2.45, 2.75) is 165 Å². The number of aliphatic hydroxyl groups is 7. The summed E-state index contributed by atoms with van der Waals surface area (Å²) in [6.45, 7) is 3.07. The molecule has 0 bridgehead atoms. The lowest BCUT2D eigenvalue weighted by Gasteiger charge is -2.40. The number of ether oxygens (including phenoxy) is 2. The topological polar surface area (TPSA) is 189 Å². The van der Waals surface area contributed by atoms with Crippen LogP contribution < -0.4 is 5.32 Å². The molecule has 9 atom stereocenters. The van der Waals surface area contributed by atoms with Gasteiger partial charge in [0.05, 0.1) is 25.4 Å². The highest BCUT2D eigenvalue weighted by Gasteiger charge is 2.44. The molecule has 278 valence electrons. The van der Waals surface area contributed by atoms with Gasteiger partial charge in [0, 0.05) is 0 Å². The normalized spacial score (nSPS) is 24.6. The number of allylic oxidation sites excluding steroid dienone is 8. The predicted molar refractivity (Wildman–Crippen MR) is 187 cm³/mol. The molecule has 0 radical (unpaired) electrons. The molecule has 1 saturated heterocycles. The number of carbonyl (C=O) groups excluding carboxylic acids is 1. The van der Waals surface area contributed by atoms with E-state index in [-0.39, 0.29) is 12.8 Å². The molecule has 1 heterocycles. The van der Waals surface area contributed by atoms with Crippen LogP contribution in [0.1, 0.15) is 110 Å². The first-order valence-electron chi connectivity index (χ1n) is 18.0. The smallest absolute Gasteiger partial charge is 0.249 e. The molecular formula is C37H65NO10. The van der Waals surface area contributed by atoms with E-state index in [4.69, 9.17) is 9.47 Å². The fourth-order valence-corrected chi connectivity index (χ4v) is 5.28. The molecule has 0 aromatic carbocycles. The molecule has 1 rings (SSSR count). The van der Waals surface area contributed by atoms with Crippen LogP contribution in [0.4, 0.5) is 0 Å². The van der Waals surface area contributed by atoms with Crippen LogP contribution in [0.25, 0.3) is 0 Å². The molecule has 11 heteroatoms. The Morgan fingerprint density at radius 3 is 1.94 bits per heavy atom. The summed E-state index contributed by atoms with van der Waals surface area (Å²) in [6, 6.07) is -1.20. The summed E-state index contributed by atoms with van der Waals surface area (Å²) in [7, 11) is 0. The molecule has 0 saturated carbocycles. The number of unbranched alkanes of at least 4 members (excludes halogenated alkanes) is 8. The SMILES string of the molecule is C/C=C/CC/C=C/CC/C=C/CCCC(O)C(O)C(COC1OC(CO)C(O)C(O)C1O)NC(=O)C(O)CCCCC/C=C\CCCC. The van der Waals surface area contributed by atoms with Crippen LogP contribution in [-0.2, 0) is 14.3 Å². The summed E-state index contributed by atoms with van der Waals surface area (Å²) in [5.74, 6) is -0.734. The van der Waals surface area contributed by atoms with Gasteiger partial charge in [-0.25, -0.2) is 0 Å². The van der Waals surface area contributed by atoms with Gasteiger partial charge in [-0.15, -0.1) is 0 Å². The number of nitrogens with one attached hydrogen (secondary N) is 1. The highest BCUT2D eigenvalue weighted by Crippen LogP contribution is 2.23. The van der Waals surface area contributed by atoms with E-state index in [1.165, 1.54) is 6.42 Å². The maximum Gasteiger partial charge on any atom is 0.249 e. The first-order valence-corrected chi connectivity index (χ1v) is 18.0. The van der Waals surface area contributed by atoms with E-state index in [2.05, 4.69) is 48.7 Å². The van der Waals surface area contributed by atoms with Gasteiger partial charge in [0.2, 0.25) is 5.91 Å². The predicted octanol–water partition coefficient (Wildman–Crippen LogP) is 3.49. The highest BCUT2D eigenvalue weighted by atomic mass is 16.7. The molecule has 8 N–H and O–H groups in total. The van der Waals surface area contributed by atoms with E-state index in [9.17, 15) is 40.5 Å². The average molecular weight is 684 g/mol. The van der Waals surface area contributed by atoms with Gasteiger partial charge in [-0.05, 0) is 77.6 Å². The Hall–Kier alpha value is -1.93. The summed E-state index contributed by atoms with van der Waals surface area (Å²) in [5.41, 5.74) is 0. The zero-order valence-corrected chi connectivity index (χ0v) is 29.2. The Balaban J connectivity index is 2.67. The second-order valence-corrected chi connectivity index (χ2v) is 12.6. The molecule has 48 heavy (non-hydrogen) atoms. The number of carbonyl (C=O) groups is 1. The van der Waals surface area contributed by atoms with Gasteiger partial charge in [0.1, 0.15) is 36.6 Å². The minimum atomic E-state index is -1.67. The quantitative estimate of drug-likeness (QED) is 0.0470. The third-order valence-electron chi connectivity index (χ3n) is 8.40. The van der Waals surface area contributed by atoms with Crippen LogP contribution in [-0.4, -0.2) is 110 Å². The standard InChI is InChI=1S/C37H65NO10/c1-3-5-7-9-11-13-14-15-17-18-20-22-24-29(40)32(42)28(27-47-37-35(45)34(44)33(43)31(26-39)48-37)38-36(46)30(41)25-23-21-19-16-12-10-8-6-4-2/h3,5,10-13,17-18,28-35,37,39-45H,4,6-9,14-16,19-27H2,1-2H3,(H,38,46)/b5-3+,12-10-,13-11+,18-17+. The van der Waals surface area contributed by atoms with Gasteiger partial charge < -0.3 is 50.5 Å². The maximum atomic E-state index is 12.9. The van der Waals surface area contributed by atoms with Crippen molar-refractivity contribution >= 4 is 5.91 Å². The van der Waals surface area contributed by atoms with Crippen molar-refractivity contribution in [3.8, 4) is 0 Å². The van der Waals surface area contributed by atoms with Crippen LogP contribution in [0.2, 0.25) is 0 Å². The van der Waals surface area contributed by atoms with Crippen molar-refractivity contribution in [2.75, 3.05) is 13.2 Å². The van der Waals surface area contributed by atoms with Crippen LogP contribution in [0, 0.1) is 0 Å². The van der Waals surface area contributed by atoms with Gasteiger partial charge in [0.15, 0.2) is 6.29 Å². The first-order chi connectivity index (χ1) is 23.2. The van der Waals surface area contributed by atoms with Gasteiger partial charge in [-0.1, -0.05) is 81.2 Å². The minimum Gasteiger partial charge on any atom is -0.394 e. The largest absolute Gasteiger partial charge is 0.394 e. The molecule has 9 unspecified atom stereocenters. The molecule has 1 fully saturated rings. The Morgan fingerprint density at radius 2 is 1.33 bits per heavy atom. The fourth-order valence-electron chi connectivity index (χ4n) is 5.28. The number of hydrogen-bond acceptors (Lipinski definition) is 10. The lowest BCUT2D eigenvalue weighted by atomic mass is 9.98. The maximum absolute atomic E-state index is 12.9. The van der Waals surface area contributed by atoms with E-state index < -0.39 is 74.2 Å². The van der Waals surface area contributed by atoms with Crippen molar-refractivity contribution < 1.29 is 50.0 Å². The van der Waals surface area contributed by atoms with Crippen molar-refractivity contribution in [3.63, 3.8) is 0 Å². The molecule has 0 aromatic rings. The van der Waals surface area contributed by atoms with Crippen molar-refractivity contribution in [1.29, 1.82) is 0 Å². The van der Waals surface area contributed by atoms with Crippen LogP contribution >= 0.6 is 0 Å². The molecule has 1 aliphatic heterocycles. The summed E-state index contributed by atoms with van der Waals surface area (Å²) in [6.07, 6.45) is 17.8. The lowest BCUT2D eigenvalue weighted by molar-refractivity contribution is -0.303. The van der Waals surface area contributed by atoms with E-state index >= 15 is 0 Å². The summed E-state index contributed by atoms with van der Waals surface area (Å²) < 4.78 is 11.0. The number of amides is 1. The van der Waals surface area contributed by atoms with E-state index in [1.807, 2.05) is 19.1 Å². The Kier molecular flexibility index (Phi) is 25.6. The number of rotatable bonds is 27. The van der Waals surface area contributed by atoms with E-state index in [0.717, 1.165) is 57.8 Å². The Bertz CT molecular complexity index is 924. The van der Waals surface area contributed by atoms with Crippen molar-refractivity contribution in [1.82, 2.24) is 5.32 Å². The molecule has 1 aliphatic rings. The molecule has 0 aromatic heterocycles. The number of aliphatic hydroxyl groups excluding tert-OH is 7. The second kappa shape index (κ2) is 27.8. The zero-order chi connectivity index (χ0) is 35.6. The number of hydrogen-bond donors (Lipinski definition) is 8. The van der Waals surface area contributed by atoms with Gasteiger partial charge in [0.25, 0.3) is 0 Å². The van der Waals surface area contributed by atoms with Crippen LogP contribution in [0.5, 0.6) is 0 Å². The average Bonchev–Trinajstić information content (AvgIpc) is 3.08. The van der Waals surface area contributed by atoms with Crippen LogP contribution in [0.3, 0.4) is 0 Å². The summed E-state index contributed by atoms with van der Waals surface area (Å²) in [5, 5.41) is 74.9. The minimum absolute atomic E-state index is 0.225. The van der Waals surface area contributed by atoms with Gasteiger partial charge in [-0.2, -0.15) is 0 Å². The third kappa shape index (κ3) is 18.7. The van der Waals surface area contributed by atoms with Gasteiger partial charge >= 0.3 is 0 Å². The summed E-state index contributed by atoms with van der Waals surface area (Å²) in [4.78, 5) is 12.9. The Morgan fingerprint density at radius 1 is 0.750 bits per heavy atom. The summed E-state index contributed by atoms with van der Waals surface area (Å²) >= 11 is 0. The van der Waals surface area contributed by atoms with E-state index in [0.29, 0.717) is 19.3 Å². The lowest BCUT2D eigenvalue weighted by Crippen LogP contribution is -2.60. The van der Waals surface area contributed by atoms with Crippen LogP contribution in [0.15, 0.2) is 48.6 Å². The van der Waals surface area contributed by atoms with Crippen molar-refractivity contribution in [2.24, 2.45) is 0 Å². The molecular weight excluding hydrogens is 618 g/mol. The zero-order valence-electron chi connectivity index (χ0n) is 29.2. The first kappa shape index (κ1) is 44.1. The van der Waals surface area contributed by atoms with Gasteiger partial charge in [-0.3, -0.25) is 4.79 Å². The van der Waals surface area contributed by atoms with E-state index in [1.54, 1.807) is 0 Å². The third-order valence-corrected chi connectivity index (χ3v) is 8.40. The second-order valence-electron chi connectivity index (χ2n) is 12.6. The monoisotopic (exact) mass is 683 g/mol. The highest BCUT2D eigenvalue weighted by molar-refractivity contribution is 5.80. The molecule has 0 spiro atoms. The molecule has 0 aliphatic carbocycles. The molecule has 1 amide bonds. The van der Waals surface area contributed by atoms with Crippen molar-refractivity contribution in [3.05, 3.63) is 48.6 Å². The Labute approximate surface area is 288 Å². The molecule has 11 nitrogen and oxygen atoms in total.